The zero-order valence-electron chi connectivity index (χ0n) is 12.5. The van der Waals surface area contributed by atoms with Gasteiger partial charge in [0.2, 0.25) is 0 Å². The Morgan fingerprint density at radius 1 is 1.20 bits per heavy atom. The van der Waals surface area contributed by atoms with Gasteiger partial charge in [0.25, 0.3) is 0 Å². The van der Waals surface area contributed by atoms with Crippen molar-refractivity contribution in [2.24, 2.45) is 0 Å². The maximum Gasteiger partial charge on any atom is 0.305 e. The van der Waals surface area contributed by atoms with Gasteiger partial charge in [-0.15, -0.1) is 0 Å². The smallest absolute Gasteiger partial charge is 0.305 e. The monoisotopic (exact) mass is 279 g/mol. The zero-order valence-corrected chi connectivity index (χ0v) is 12.5. The molecule has 20 heavy (non-hydrogen) atoms. The van der Waals surface area contributed by atoms with Gasteiger partial charge >= 0.3 is 5.97 Å². The fourth-order valence-corrected chi connectivity index (χ4v) is 1.91. The molecular formula is C16H25NO3. The molecule has 2 N–H and O–H groups in total. The molecule has 0 bridgehead atoms. The van der Waals surface area contributed by atoms with E-state index < -0.39 is 0 Å². The number of unbranched alkanes of at least 4 members (excludes halogenated alkanes) is 2. The summed E-state index contributed by atoms with van der Waals surface area (Å²) >= 11 is 0. The lowest BCUT2D eigenvalue weighted by Gasteiger charge is -2.10. The zero-order chi connectivity index (χ0) is 14.8. The first kappa shape index (κ1) is 16.3. The molecule has 1 aromatic rings. The Balaban J connectivity index is 2.17. The second-order valence-electron chi connectivity index (χ2n) is 4.69. The number of nitrogen functional groups attached to an aromatic ring is 1. The molecule has 0 saturated carbocycles. The molecule has 0 aliphatic heterocycles. The summed E-state index contributed by atoms with van der Waals surface area (Å²) in [4.78, 5) is 11.1. The maximum atomic E-state index is 11.1. The van der Waals surface area contributed by atoms with E-state index in [4.69, 9.17) is 15.2 Å². The molecule has 0 fully saturated rings. The van der Waals surface area contributed by atoms with Crippen LogP contribution >= 0.6 is 0 Å². The molecule has 0 aromatic heterocycles. The minimum absolute atomic E-state index is 0.118. The third kappa shape index (κ3) is 5.95. The highest BCUT2D eigenvalue weighted by Gasteiger charge is 2.03. The molecule has 0 amide bonds. The van der Waals surface area contributed by atoms with Crippen molar-refractivity contribution >= 4 is 11.7 Å². The molecule has 1 rings (SSSR count). The summed E-state index contributed by atoms with van der Waals surface area (Å²) < 4.78 is 10.5. The molecule has 0 aliphatic carbocycles. The Hall–Kier alpha value is -1.71. The summed E-state index contributed by atoms with van der Waals surface area (Å²) in [6.45, 7) is 4.99. The van der Waals surface area contributed by atoms with Gasteiger partial charge in [-0.1, -0.05) is 13.0 Å². The number of carbonyl (C=O) groups is 1. The predicted octanol–water partition coefficient (Wildman–Crippen LogP) is 3.33. The van der Waals surface area contributed by atoms with Crippen LogP contribution in [0, 0.1) is 0 Å². The summed E-state index contributed by atoms with van der Waals surface area (Å²) in [5.41, 5.74) is 7.83. The lowest BCUT2D eigenvalue weighted by molar-refractivity contribution is -0.143. The van der Waals surface area contributed by atoms with Crippen molar-refractivity contribution in [2.45, 2.75) is 46.0 Å². The molecule has 0 unspecified atom stereocenters. The molecule has 0 saturated heterocycles. The van der Waals surface area contributed by atoms with Crippen LogP contribution in [-0.2, 0) is 16.0 Å². The second-order valence-corrected chi connectivity index (χ2v) is 4.69. The van der Waals surface area contributed by atoms with Crippen LogP contribution in [0.15, 0.2) is 18.2 Å². The van der Waals surface area contributed by atoms with Crippen molar-refractivity contribution in [1.29, 1.82) is 0 Å². The van der Waals surface area contributed by atoms with Gasteiger partial charge in [-0.3, -0.25) is 4.79 Å². The number of hydrogen-bond acceptors (Lipinski definition) is 4. The first-order valence-corrected chi connectivity index (χ1v) is 7.34. The van der Waals surface area contributed by atoms with Crippen LogP contribution in [0.2, 0.25) is 0 Å². The topological polar surface area (TPSA) is 61.5 Å². The van der Waals surface area contributed by atoms with Gasteiger partial charge in [-0.05, 0) is 50.3 Å². The first-order chi connectivity index (χ1) is 9.67. The highest BCUT2D eigenvalue weighted by molar-refractivity contribution is 5.69. The number of rotatable bonds is 9. The van der Waals surface area contributed by atoms with Crippen molar-refractivity contribution in [3.8, 4) is 5.75 Å². The van der Waals surface area contributed by atoms with E-state index in [2.05, 4.69) is 6.92 Å². The van der Waals surface area contributed by atoms with E-state index in [1.807, 2.05) is 25.1 Å². The number of anilines is 1. The average Bonchev–Trinajstić information content (AvgIpc) is 2.44. The third-order valence-corrected chi connectivity index (χ3v) is 3.07. The van der Waals surface area contributed by atoms with E-state index in [1.165, 1.54) is 5.56 Å². The molecule has 4 heteroatoms. The van der Waals surface area contributed by atoms with Crippen LogP contribution in [0.1, 0.15) is 45.1 Å². The quantitative estimate of drug-likeness (QED) is 0.428. The molecule has 112 valence electrons. The van der Waals surface area contributed by atoms with E-state index in [9.17, 15) is 4.79 Å². The largest absolute Gasteiger partial charge is 0.491 e. The average molecular weight is 279 g/mol. The standard InChI is InChI=1S/C16H25NO3/c1-3-13-9-10-15(14(17)12-13)20-11-7-5-6-8-16(18)19-4-2/h9-10,12H,3-8,11,17H2,1-2H3. The number of nitrogens with two attached hydrogens (primary N) is 1. The van der Waals surface area contributed by atoms with E-state index in [1.54, 1.807) is 0 Å². The molecule has 0 heterocycles. The van der Waals surface area contributed by atoms with Crippen LogP contribution in [0.3, 0.4) is 0 Å². The van der Waals surface area contributed by atoms with Crippen LogP contribution in [-0.4, -0.2) is 19.2 Å². The molecule has 0 spiro atoms. The van der Waals surface area contributed by atoms with Crippen LogP contribution in [0.4, 0.5) is 5.69 Å². The second kappa shape index (κ2) is 9.23. The lowest BCUT2D eigenvalue weighted by Crippen LogP contribution is -2.04. The molecule has 4 nitrogen and oxygen atoms in total. The number of ether oxygens (including phenoxy) is 2. The third-order valence-electron chi connectivity index (χ3n) is 3.07. The number of aryl methyl sites for hydroxylation is 1. The fraction of sp³-hybridized carbons (Fsp3) is 0.562. The van der Waals surface area contributed by atoms with Crippen molar-refractivity contribution < 1.29 is 14.3 Å². The van der Waals surface area contributed by atoms with Crippen molar-refractivity contribution in [2.75, 3.05) is 18.9 Å². The van der Waals surface area contributed by atoms with Gasteiger partial charge in [0.05, 0.1) is 18.9 Å². The van der Waals surface area contributed by atoms with E-state index >= 15 is 0 Å². The fourth-order valence-electron chi connectivity index (χ4n) is 1.91. The summed E-state index contributed by atoms with van der Waals surface area (Å²) in [6, 6.07) is 5.91. The van der Waals surface area contributed by atoms with Crippen molar-refractivity contribution in [1.82, 2.24) is 0 Å². The van der Waals surface area contributed by atoms with Gasteiger partial charge in [-0.2, -0.15) is 0 Å². The van der Waals surface area contributed by atoms with Crippen molar-refractivity contribution in [3.63, 3.8) is 0 Å². The number of hydrogen-bond donors (Lipinski definition) is 1. The Labute approximate surface area is 121 Å². The summed E-state index contributed by atoms with van der Waals surface area (Å²) in [5, 5.41) is 0. The Morgan fingerprint density at radius 3 is 2.65 bits per heavy atom. The molecule has 1 aromatic carbocycles. The molecule has 0 atom stereocenters. The van der Waals surface area contributed by atoms with Gasteiger partial charge < -0.3 is 15.2 Å². The van der Waals surface area contributed by atoms with E-state index in [-0.39, 0.29) is 5.97 Å². The number of benzene rings is 1. The SMILES string of the molecule is CCOC(=O)CCCCCOc1ccc(CC)cc1N. The summed E-state index contributed by atoms with van der Waals surface area (Å²) in [6.07, 6.45) is 4.16. The molecule has 0 radical (unpaired) electrons. The van der Waals surface area contributed by atoms with Gasteiger partial charge in [-0.25, -0.2) is 0 Å². The Kier molecular flexibility index (Phi) is 7.55. The van der Waals surface area contributed by atoms with Gasteiger partial charge in [0.1, 0.15) is 5.75 Å². The van der Waals surface area contributed by atoms with E-state index in [0.29, 0.717) is 25.3 Å². The van der Waals surface area contributed by atoms with E-state index in [0.717, 1.165) is 31.4 Å². The normalized spacial score (nSPS) is 10.3. The number of carbonyl (C=O) groups excluding carboxylic acids is 1. The van der Waals surface area contributed by atoms with Crippen LogP contribution < -0.4 is 10.5 Å². The maximum absolute atomic E-state index is 11.1. The minimum atomic E-state index is -0.118. The minimum Gasteiger partial charge on any atom is -0.491 e. The molecule has 0 aliphatic rings. The molecular weight excluding hydrogens is 254 g/mol. The van der Waals surface area contributed by atoms with Crippen LogP contribution in [0.5, 0.6) is 5.75 Å². The Morgan fingerprint density at radius 2 is 2.00 bits per heavy atom. The Bertz CT molecular complexity index is 418. The van der Waals surface area contributed by atoms with Crippen molar-refractivity contribution in [3.05, 3.63) is 23.8 Å². The van der Waals surface area contributed by atoms with Gasteiger partial charge in [0, 0.05) is 6.42 Å². The lowest BCUT2D eigenvalue weighted by atomic mass is 10.1. The van der Waals surface area contributed by atoms with Crippen LogP contribution in [0.25, 0.3) is 0 Å². The first-order valence-electron chi connectivity index (χ1n) is 7.34. The highest BCUT2D eigenvalue weighted by atomic mass is 16.5. The van der Waals surface area contributed by atoms with Gasteiger partial charge in [0.15, 0.2) is 0 Å². The highest BCUT2D eigenvalue weighted by Crippen LogP contribution is 2.23. The predicted molar refractivity (Wildman–Crippen MR) is 80.8 cm³/mol. The number of esters is 1. The summed E-state index contributed by atoms with van der Waals surface area (Å²) in [5.74, 6) is 0.625. The summed E-state index contributed by atoms with van der Waals surface area (Å²) in [7, 11) is 0.